The minimum absolute atomic E-state index is 0.164. The molecular formula is C51H63N3O7. The summed E-state index contributed by atoms with van der Waals surface area (Å²) in [4.78, 5) is 20.8. The maximum absolute atomic E-state index is 12.0. The molecule has 0 radical (unpaired) electrons. The summed E-state index contributed by atoms with van der Waals surface area (Å²) < 4.78 is 29.6. The zero-order chi connectivity index (χ0) is 43.9. The molecule has 0 bridgehead atoms. The largest absolute Gasteiger partial charge is 0.508 e. The van der Waals surface area contributed by atoms with Gasteiger partial charge in [-0.25, -0.2) is 14.8 Å². The highest BCUT2D eigenvalue weighted by atomic mass is 16.6. The summed E-state index contributed by atoms with van der Waals surface area (Å²) in [5, 5.41) is 12.7. The predicted molar refractivity (Wildman–Crippen MR) is 241 cm³/mol. The van der Waals surface area contributed by atoms with Crippen molar-refractivity contribution in [3.8, 4) is 23.0 Å². The van der Waals surface area contributed by atoms with E-state index >= 15 is 0 Å². The number of ether oxygens (including phenoxy) is 5. The Morgan fingerprint density at radius 1 is 0.672 bits per heavy atom. The molecule has 2 N–H and O–H groups in total. The molecule has 0 saturated heterocycles. The normalized spacial score (nSPS) is 12.5. The number of aromatic hydroxyl groups is 1. The van der Waals surface area contributed by atoms with Crippen molar-refractivity contribution >= 4 is 11.9 Å². The van der Waals surface area contributed by atoms with Gasteiger partial charge in [-0.15, -0.1) is 0 Å². The maximum Gasteiger partial charge on any atom is 0.407 e. The Hall–Kier alpha value is -6.03. The van der Waals surface area contributed by atoms with Crippen molar-refractivity contribution < 1.29 is 33.6 Å². The number of hydrogen-bond donors (Lipinski definition) is 2. The van der Waals surface area contributed by atoms with Crippen LogP contribution in [0, 0.1) is 0 Å². The van der Waals surface area contributed by atoms with Crippen molar-refractivity contribution in [2.45, 2.75) is 104 Å². The van der Waals surface area contributed by atoms with Crippen LogP contribution in [0.5, 0.6) is 23.0 Å². The van der Waals surface area contributed by atoms with Crippen molar-refractivity contribution in [3.05, 3.63) is 150 Å². The number of nitrogens with one attached hydrogen (secondary N) is 1. The van der Waals surface area contributed by atoms with Crippen LogP contribution in [-0.2, 0) is 26.9 Å². The standard InChI is InChI=1S/C51H63N3O7/c1-9-50(10-2,38-14-22-43(55)23-15-38)39-16-24-45(25-17-39)59-35-31-51(11-3,40-18-26-44(27-19-40)58-34-13-32-53-48(56)61-49(6,7)8)41-20-28-46(29-21-41)60-36-42-30-33-52-47(54-42)37(5)57-12-4/h14-30,33,55H,5,9-13,31-32,34-36H2,1-4,6-8H3,(H,53,56). The molecule has 0 aliphatic carbocycles. The van der Waals surface area contributed by atoms with Crippen molar-refractivity contribution in [2.75, 3.05) is 26.4 Å². The average molecular weight is 830 g/mol. The van der Waals surface area contributed by atoms with Crippen LogP contribution in [-0.4, -0.2) is 53.1 Å². The number of carbonyl (C=O) groups excluding carboxylic acids is 1. The number of carbonyl (C=O) groups is 1. The fourth-order valence-electron chi connectivity index (χ4n) is 7.78. The van der Waals surface area contributed by atoms with Gasteiger partial charge in [-0.3, -0.25) is 0 Å². The number of nitrogens with zero attached hydrogens (tertiary/aromatic N) is 2. The van der Waals surface area contributed by atoms with Gasteiger partial charge in [0.25, 0.3) is 0 Å². The molecule has 5 aromatic rings. The molecule has 0 aliphatic rings. The van der Waals surface area contributed by atoms with Crippen LogP contribution < -0.4 is 19.5 Å². The van der Waals surface area contributed by atoms with Gasteiger partial charge < -0.3 is 34.1 Å². The predicted octanol–water partition coefficient (Wildman–Crippen LogP) is 11.3. The van der Waals surface area contributed by atoms with Gasteiger partial charge in [-0.2, -0.15) is 0 Å². The van der Waals surface area contributed by atoms with E-state index in [1.165, 1.54) is 11.1 Å². The first-order valence-corrected chi connectivity index (χ1v) is 21.4. The van der Waals surface area contributed by atoms with Crippen LogP contribution in [0.2, 0.25) is 0 Å². The summed E-state index contributed by atoms with van der Waals surface area (Å²) in [6.45, 7) is 20.1. The van der Waals surface area contributed by atoms with Crippen molar-refractivity contribution in [1.82, 2.24) is 15.3 Å². The minimum atomic E-state index is -0.542. The Labute approximate surface area is 362 Å². The minimum Gasteiger partial charge on any atom is -0.508 e. The zero-order valence-electron chi connectivity index (χ0n) is 37.0. The highest BCUT2D eigenvalue weighted by molar-refractivity contribution is 5.67. The van der Waals surface area contributed by atoms with Crippen molar-refractivity contribution in [1.29, 1.82) is 0 Å². The summed E-state index contributed by atoms with van der Waals surface area (Å²) in [6, 6.07) is 34.5. The third kappa shape index (κ3) is 12.3. The lowest BCUT2D eigenvalue weighted by molar-refractivity contribution is 0.0525. The van der Waals surface area contributed by atoms with Crippen molar-refractivity contribution in [2.24, 2.45) is 0 Å². The summed E-state index contributed by atoms with van der Waals surface area (Å²) in [7, 11) is 0. The Kier molecular flexibility index (Phi) is 16.2. The number of phenolic OH excluding ortho intramolecular Hbond substituents is 1. The van der Waals surface area contributed by atoms with E-state index in [2.05, 4.69) is 91.2 Å². The SMILES string of the molecule is C=C(OCC)c1nccc(COc2ccc(C(CC)(CCOc3ccc(C(CC)(CC)c4ccc(O)cc4)cc3)c3ccc(OCCCNC(=O)OC(C)(C)C)cc3)cc2)n1. The summed E-state index contributed by atoms with van der Waals surface area (Å²) >= 11 is 0. The zero-order valence-corrected chi connectivity index (χ0v) is 37.0. The molecule has 324 valence electrons. The van der Waals surface area contributed by atoms with Gasteiger partial charge >= 0.3 is 6.09 Å². The van der Waals surface area contributed by atoms with E-state index in [1.54, 1.807) is 18.3 Å². The Morgan fingerprint density at radius 2 is 1.16 bits per heavy atom. The number of phenols is 1. The summed E-state index contributed by atoms with van der Waals surface area (Å²) in [5.74, 6) is 3.43. The smallest absolute Gasteiger partial charge is 0.407 e. The first kappa shape index (κ1) is 46.0. The lowest BCUT2D eigenvalue weighted by Gasteiger charge is -2.35. The molecule has 1 amide bonds. The average Bonchev–Trinajstić information content (AvgIpc) is 3.26. The van der Waals surface area contributed by atoms with Gasteiger partial charge in [0.05, 0.1) is 25.5 Å². The fourth-order valence-corrected chi connectivity index (χ4v) is 7.78. The molecule has 61 heavy (non-hydrogen) atoms. The quantitative estimate of drug-likeness (QED) is 0.0519. The molecule has 1 unspecified atom stereocenters. The second kappa shape index (κ2) is 21.5. The maximum atomic E-state index is 12.0. The number of benzene rings is 4. The lowest BCUT2D eigenvalue weighted by atomic mass is 9.70. The number of aromatic nitrogens is 2. The summed E-state index contributed by atoms with van der Waals surface area (Å²) in [6.07, 6.45) is 5.29. The van der Waals surface area contributed by atoms with Gasteiger partial charge in [-0.1, -0.05) is 75.9 Å². The molecule has 10 heteroatoms. The van der Waals surface area contributed by atoms with E-state index in [0.717, 1.165) is 59.8 Å². The van der Waals surface area contributed by atoms with Crippen LogP contribution in [0.25, 0.3) is 5.76 Å². The third-order valence-corrected chi connectivity index (χ3v) is 11.2. The first-order valence-electron chi connectivity index (χ1n) is 21.4. The molecule has 4 aromatic carbocycles. The molecule has 1 aromatic heterocycles. The topological polar surface area (TPSA) is 121 Å². The van der Waals surface area contributed by atoms with Crippen molar-refractivity contribution in [3.63, 3.8) is 0 Å². The Balaban J connectivity index is 1.31. The lowest BCUT2D eigenvalue weighted by Crippen LogP contribution is -2.33. The van der Waals surface area contributed by atoms with Gasteiger partial charge in [0.15, 0.2) is 11.6 Å². The molecule has 0 aliphatic heterocycles. The van der Waals surface area contributed by atoms with Crippen LogP contribution in [0.4, 0.5) is 4.79 Å². The molecule has 1 heterocycles. The first-order chi connectivity index (χ1) is 29.3. The van der Waals surface area contributed by atoms with Gasteiger partial charge in [0.2, 0.25) is 0 Å². The van der Waals surface area contributed by atoms with Gasteiger partial charge in [0, 0.05) is 23.6 Å². The van der Waals surface area contributed by atoms with E-state index in [-0.39, 0.29) is 23.2 Å². The van der Waals surface area contributed by atoms with E-state index < -0.39 is 11.7 Å². The van der Waals surface area contributed by atoms with Crippen LogP contribution in [0.15, 0.2) is 116 Å². The van der Waals surface area contributed by atoms with Gasteiger partial charge in [-0.05, 0) is 137 Å². The van der Waals surface area contributed by atoms with E-state index in [4.69, 9.17) is 23.7 Å². The second-order valence-corrected chi connectivity index (χ2v) is 16.1. The van der Waals surface area contributed by atoms with Crippen LogP contribution in [0.1, 0.15) is 114 Å². The fraction of sp³-hybridized carbons (Fsp3) is 0.392. The number of rotatable bonds is 22. The molecule has 1 atom stereocenters. The molecular weight excluding hydrogens is 767 g/mol. The van der Waals surface area contributed by atoms with Crippen LogP contribution in [0.3, 0.4) is 0 Å². The summed E-state index contributed by atoms with van der Waals surface area (Å²) in [5.41, 5.74) is 4.33. The highest BCUT2D eigenvalue weighted by Gasteiger charge is 2.34. The third-order valence-electron chi connectivity index (χ3n) is 11.2. The molecule has 0 fully saturated rings. The van der Waals surface area contributed by atoms with Gasteiger partial charge in [0.1, 0.15) is 35.2 Å². The molecule has 10 nitrogen and oxygen atoms in total. The van der Waals surface area contributed by atoms with Crippen LogP contribution >= 0.6 is 0 Å². The number of hydrogen-bond acceptors (Lipinski definition) is 9. The van der Waals surface area contributed by atoms with E-state index in [1.807, 2.05) is 70.2 Å². The highest BCUT2D eigenvalue weighted by Crippen LogP contribution is 2.42. The number of amides is 1. The monoisotopic (exact) mass is 829 g/mol. The molecule has 0 saturated carbocycles. The second-order valence-electron chi connectivity index (χ2n) is 16.1. The Bertz CT molecular complexity index is 2130. The van der Waals surface area contributed by atoms with E-state index in [9.17, 15) is 9.90 Å². The number of alkyl carbamates (subject to hydrolysis) is 1. The molecule has 5 rings (SSSR count). The van der Waals surface area contributed by atoms with E-state index in [0.29, 0.717) is 44.4 Å². The Morgan fingerprint density at radius 3 is 1.67 bits per heavy atom. The molecule has 0 spiro atoms.